The lowest BCUT2D eigenvalue weighted by Gasteiger charge is -1.99. The first-order chi connectivity index (χ1) is 9.18. The summed E-state index contributed by atoms with van der Waals surface area (Å²) in [5.41, 5.74) is 1.18. The molecule has 0 fully saturated rings. The summed E-state index contributed by atoms with van der Waals surface area (Å²) < 4.78 is 15.3. The van der Waals surface area contributed by atoms with Crippen LogP contribution in [0.25, 0.3) is 16.8 Å². The molecule has 2 aromatic heterocycles. The third-order valence-corrected chi connectivity index (χ3v) is 2.87. The number of hydrogen-bond donors (Lipinski definition) is 1. The van der Waals surface area contributed by atoms with Gasteiger partial charge in [-0.3, -0.25) is 4.40 Å². The fraction of sp³-hybridized carbons (Fsp3) is 0. The van der Waals surface area contributed by atoms with E-state index in [9.17, 15) is 9.18 Å². The molecule has 0 aliphatic carbocycles. The molecular weight excluding hydrogens is 247 g/mol. The van der Waals surface area contributed by atoms with Crippen LogP contribution in [0.3, 0.4) is 0 Å². The van der Waals surface area contributed by atoms with E-state index < -0.39 is 11.8 Å². The van der Waals surface area contributed by atoms with Gasteiger partial charge in [-0.1, -0.05) is 18.2 Å². The first-order valence-electron chi connectivity index (χ1n) is 5.64. The molecule has 0 radical (unpaired) electrons. The molecule has 3 rings (SSSR count). The molecule has 1 N–H and O–H groups in total. The van der Waals surface area contributed by atoms with Crippen molar-refractivity contribution in [2.24, 2.45) is 0 Å². The Bertz CT molecular complexity index is 780. The Balaban J connectivity index is 2.37. The highest BCUT2D eigenvalue weighted by molar-refractivity contribution is 5.89. The van der Waals surface area contributed by atoms with E-state index in [0.717, 1.165) is 0 Å². The lowest BCUT2D eigenvalue weighted by Crippen LogP contribution is -2.02. The van der Waals surface area contributed by atoms with E-state index in [1.807, 2.05) is 0 Å². The minimum absolute atomic E-state index is 0.131. The molecular formula is C14H9FN2O2. The predicted octanol–water partition coefficient (Wildman–Crippen LogP) is 2.84. The second-order valence-electron chi connectivity index (χ2n) is 4.02. The zero-order valence-electron chi connectivity index (χ0n) is 9.75. The summed E-state index contributed by atoms with van der Waals surface area (Å²) in [7, 11) is 0. The predicted molar refractivity (Wildman–Crippen MR) is 67.5 cm³/mol. The van der Waals surface area contributed by atoms with Crippen LogP contribution < -0.4 is 0 Å². The maximum Gasteiger partial charge on any atom is 0.372 e. The Labute approximate surface area is 107 Å². The van der Waals surface area contributed by atoms with E-state index in [2.05, 4.69) is 4.98 Å². The van der Waals surface area contributed by atoms with Crippen LogP contribution >= 0.6 is 0 Å². The Morgan fingerprint density at radius 3 is 2.63 bits per heavy atom. The number of imidazole rings is 1. The molecule has 4 nitrogen and oxygen atoms in total. The molecule has 19 heavy (non-hydrogen) atoms. The second-order valence-corrected chi connectivity index (χ2v) is 4.02. The average Bonchev–Trinajstić information content (AvgIpc) is 2.79. The number of halogens is 1. The van der Waals surface area contributed by atoms with Gasteiger partial charge in [-0.25, -0.2) is 14.2 Å². The van der Waals surface area contributed by atoms with Gasteiger partial charge in [0.05, 0.1) is 11.2 Å². The summed E-state index contributed by atoms with van der Waals surface area (Å²) in [6, 6.07) is 11.3. The quantitative estimate of drug-likeness (QED) is 0.767. The fourth-order valence-corrected chi connectivity index (χ4v) is 2.04. The van der Waals surface area contributed by atoms with Gasteiger partial charge in [-0.15, -0.1) is 0 Å². The van der Waals surface area contributed by atoms with Crippen LogP contribution in [-0.2, 0) is 0 Å². The number of aromatic carboxylic acids is 1. The third-order valence-electron chi connectivity index (χ3n) is 2.87. The normalized spacial score (nSPS) is 10.8. The van der Waals surface area contributed by atoms with Gasteiger partial charge >= 0.3 is 5.97 Å². The summed E-state index contributed by atoms with van der Waals surface area (Å²) in [6.07, 6.45) is 1.59. The monoisotopic (exact) mass is 256 g/mol. The number of carboxylic acids is 1. The molecule has 1 aromatic carbocycles. The van der Waals surface area contributed by atoms with Crippen molar-refractivity contribution in [3.63, 3.8) is 0 Å². The summed E-state index contributed by atoms with van der Waals surface area (Å²) in [4.78, 5) is 15.2. The highest BCUT2D eigenvalue weighted by Crippen LogP contribution is 2.26. The lowest BCUT2D eigenvalue weighted by molar-refractivity contribution is 0.0683. The van der Waals surface area contributed by atoms with Crippen LogP contribution in [0, 0.1) is 5.82 Å². The third kappa shape index (κ3) is 1.76. The Morgan fingerprint density at radius 2 is 1.89 bits per heavy atom. The molecule has 3 aromatic rings. The minimum Gasteiger partial charge on any atom is -0.475 e. The topological polar surface area (TPSA) is 54.6 Å². The number of fused-ring (bicyclic) bond motifs is 1. The van der Waals surface area contributed by atoms with Gasteiger partial charge in [0.1, 0.15) is 5.82 Å². The van der Waals surface area contributed by atoms with Gasteiger partial charge in [0.2, 0.25) is 5.82 Å². The number of pyridine rings is 1. The Kier molecular flexibility index (Phi) is 2.52. The molecule has 0 saturated heterocycles. The van der Waals surface area contributed by atoms with Crippen LogP contribution in [0.15, 0.2) is 48.7 Å². The van der Waals surface area contributed by atoms with E-state index in [4.69, 9.17) is 5.11 Å². The van der Waals surface area contributed by atoms with Gasteiger partial charge in [0.15, 0.2) is 0 Å². The van der Waals surface area contributed by atoms with E-state index >= 15 is 0 Å². The number of hydrogen-bond acceptors (Lipinski definition) is 2. The van der Waals surface area contributed by atoms with E-state index in [0.29, 0.717) is 16.8 Å². The average molecular weight is 256 g/mol. The minimum atomic E-state index is -1.15. The molecule has 94 valence electrons. The van der Waals surface area contributed by atoms with E-state index in [-0.39, 0.29) is 5.82 Å². The van der Waals surface area contributed by atoms with E-state index in [1.54, 1.807) is 42.6 Å². The molecule has 0 amide bonds. The summed E-state index contributed by atoms with van der Waals surface area (Å²) >= 11 is 0. The first kappa shape index (κ1) is 11.4. The van der Waals surface area contributed by atoms with Gasteiger partial charge < -0.3 is 5.11 Å². The number of carbonyl (C=O) groups is 1. The van der Waals surface area contributed by atoms with Crippen molar-refractivity contribution in [2.75, 3.05) is 0 Å². The van der Waals surface area contributed by atoms with Crippen molar-refractivity contribution in [3.8, 4) is 11.3 Å². The fourth-order valence-electron chi connectivity index (χ4n) is 2.04. The van der Waals surface area contributed by atoms with Crippen LogP contribution in [-0.4, -0.2) is 20.5 Å². The molecule has 0 saturated carbocycles. The van der Waals surface area contributed by atoms with Crippen molar-refractivity contribution < 1.29 is 14.3 Å². The highest BCUT2D eigenvalue weighted by atomic mass is 19.1. The van der Waals surface area contributed by atoms with Crippen molar-refractivity contribution in [2.45, 2.75) is 0 Å². The lowest BCUT2D eigenvalue weighted by atomic mass is 10.1. The maximum absolute atomic E-state index is 13.8. The van der Waals surface area contributed by atoms with Gasteiger partial charge in [-0.05, 0) is 24.3 Å². The molecule has 0 aliphatic heterocycles. The summed E-state index contributed by atoms with van der Waals surface area (Å²) in [5, 5.41) is 9.14. The standard InChI is InChI=1S/C14H9FN2O2/c15-10-6-2-1-5-9(10)12-11-7-3-4-8-17(11)13(16-12)14(18)19/h1-8H,(H,18,19). The molecule has 5 heteroatoms. The van der Waals surface area contributed by atoms with Crippen LogP contribution in [0.1, 0.15) is 10.6 Å². The second kappa shape index (κ2) is 4.20. The number of benzene rings is 1. The van der Waals surface area contributed by atoms with Gasteiger partial charge in [-0.2, -0.15) is 0 Å². The van der Waals surface area contributed by atoms with Crippen LogP contribution in [0.4, 0.5) is 4.39 Å². The van der Waals surface area contributed by atoms with Gasteiger partial charge in [0, 0.05) is 11.8 Å². The first-order valence-corrected chi connectivity index (χ1v) is 5.64. The maximum atomic E-state index is 13.8. The Morgan fingerprint density at radius 1 is 1.16 bits per heavy atom. The largest absolute Gasteiger partial charge is 0.475 e. The number of rotatable bonds is 2. The number of aromatic nitrogens is 2. The SMILES string of the molecule is O=C(O)c1nc(-c2ccccc2F)c2ccccn12. The molecule has 0 unspecified atom stereocenters. The molecule has 0 bridgehead atoms. The smallest absolute Gasteiger partial charge is 0.372 e. The Hall–Kier alpha value is -2.69. The van der Waals surface area contributed by atoms with E-state index in [1.165, 1.54) is 10.5 Å². The number of nitrogens with zero attached hydrogens (tertiary/aromatic N) is 2. The number of carboxylic acid groups (broad SMARTS) is 1. The summed E-state index contributed by atoms with van der Waals surface area (Å²) in [6.45, 7) is 0. The van der Waals surface area contributed by atoms with Crippen molar-refractivity contribution in [3.05, 3.63) is 60.3 Å². The van der Waals surface area contributed by atoms with Crippen LogP contribution in [0.2, 0.25) is 0 Å². The molecule has 0 spiro atoms. The zero-order chi connectivity index (χ0) is 13.4. The molecule has 0 aliphatic rings. The molecule has 2 heterocycles. The van der Waals surface area contributed by atoms with Crippen LogP contribution in [0.5, 0.6) is 0 Å². The zero-order valence-corrected chi connectivity index (χ0v) is 9.75. The van der Waals surface area contributed by atoms with Crippen molar-refractivity contribution >= 4 is 11.5 Å². The molecule has 0 atom stereocenters. The van der Waals surface area contributed by atoms with Gasteiger partial charge in [0.25, 0.3) is 0 Å². The van der Waals surface area contributed by atoms with Crippen molar-refractivity contribution in [1.29, 1.82) is 0 Å². The summed E-state index contributed by atoms with van der Waals surface area (Å²) in [5.74, 6) is -1.71. The van der Waals surface area contributed by atoms with Crippen molar-refractivity contribution in [1.82, 2.24) is 9.38 Å². The highest BCUT2D eigenvalue weighted by Gasteiger charge is 2.18.